The van der Waals surface area contributed by atoms with Crippen LogP contribution in [-0.4, -0.2) is 36.6 Å². The summed E-state index contributed by atoms with van der Waals surface area (Å²) in [6.07, 6.45) is 4.05. The van der Waals surface area contributed by atoms with Crippen LogP contribution in [0.15, 0.2) is 24.3 Å². The minimum atomic E-state index is 0. The summed E-state index contributed by atoms with van der Waals surface area (Å²) in [5.74, 6) is 0.555. The van der Waals surface area contributed by atoms with Gasteiger partial charge in [-0.3, -0.25) is 4.90 Å². The summed E-state index contributed by atoms with van der Waals surface area (Å²) >= 11 is 6.10. The Morgan fingerprint density at radius 2 is 2.10 bits per heavy atom. The van der Waals surface area contributed by atoms with E-state index in [9.17, 15) is 0 Å². The van der Waals surface area contributed by atoms with Crippen LogP contribution in [0, 0.1) is 0 Å². The summed E-state index contributed by atoms with van der Waals surface area (Å²) in [5, 5.41) is 4.42. The third-order valence-electron chi connectivity index (χ3n) is 4.71. The summed E-state index contributed by atoms with van der Waals surface area (Å²) in [7, 11) is 0. The molecule has 0 aromatic heterocycles. The molecule has 2 saturated heterocycles. The summed E-state index contributed by atoms with van der Waals surface area (Å²) in [6, 6.07) is 9.87. The fourth-order valence-electron chi connectivity index (χ4n) is 3.61. The van der Waals surface area contributed by atoms with Crippen LogP contribution in [0.5, 0.6) is 0 Å². The van der Waals surface area contributed by atoms with Gasteiger partial charge in [-0.2, -0.15) is 0 Å². The zero-order valence-corrected chi connectivity index (χ0v) is 13.6. The molecule has 2 aliphatic heterocycles. The van der Waals surface area contributed by atoms with Gasteiger partial charge < -0.3 is 5.32 Å². The first-order valence-electron chi connectivity index (χ1n) is 7.46. The highest BCUT2D eigenvalue weighted by Crippen LogP contribution is 2.31. The van der Waals surface area contributed by atoms with E-state index in [4.69, 9.17) is 11.6 Å². The van der Waals surface area contributed by atoms with E-state index in [1.807, 2.05) is 6.07 Å². The molecule has 0 spiro atoms. The van der Waals surface area contributed by atoms with Crippen molar-refractivity contribution in [1.29, 1.82) is 0 Å². The van der Waals surface area contributed by atoms with Gasteiger partial charge in [-0.1, -0.05) is 30.7 Å². The van der Waals surface area contributed by atoms with E-state index in [2.05, 4.69) is 35.3 Å². The Kier molecular flexibility index (Phi) is 5.74. The van der Waals surface area contributed by atoms with Crippen molar-refractivity contribution in [3.05, 3.63) is 34.9 Å². The molecule has 112 valence electrons. The van der Waals surface area contributed by atoms with Gasteiger partial charge in [0, 0.05) is 30.2 Å². The van der Waals surface area contributed by atoms with E-state index in [-0.39, 0.29) is 12.4 Å². The molecule has 0 radical (unpaired) electrons. The molecule has 0 aliphatic carbocycles. The summed E-state index contributed by atoms with van der Waals surface area (Å²) in [5.41, 5.74) is 1.36. The average molecular weight is 315 g/mol. The first-order valence-corrected chi connectivity index (χ1v) is 7.84. The number of hydrogen-bond acceptors (Lipinski definition) is 2. The van der Waals surface area contributed by atoms with Gasteiger partial charge >= 0.3 is 0 Å². The predicted molar refractivity (Wildman–Crippen MR) is 88.1 cm³/mol. The normalized spacial score (nSPS) is 27.7. The molecule has 0 saturated carbocycles. The molecule has 3 atom stereocenters. The van der Waals surface area contributed by atoms with Crippen LogP contribution in [0.25, 0.3) is 0 Å². The van der Waals surface area contributed by atoms with E-state index in [0.717, 1.165) is 23.7 Å². The number of hydrogen-bond donors (Lipinski definition) is 1. The molecular weight excluding hydrogens is 291 g/mol. The maximum absolute atomic E-state index is 6.10. The third kappa shape index (κ3) is 3.48. The second kappa shape index (κ2) is 7.13. The van der Waals surface area contributed by atoms with Gasteiger partial charge in [-0.15, -0.1) is 12.4 Å². The minimum absolute atomic E-state index is 0. The molecule has 1 N–H and O–H groups in total. The zero-order valence-electron chi connectivity index (χ0n) is 12.0. The lowest BCUT2D eigenvalue weighted by molar-refractivity contribution is 0.192. The molecule has 3 unspecified atom stereocenters. The van der Waals surface area contributed by atoms with Crippen molar-refractivity contribution in [2.45, 2.75) is 44.2 Å². The van der Waals surface area contributed by atoms with E-state index < -0.39 is 0 Å². The molecule has 1 aromatic rings. The molecule has 2 heterocycles. The standard InChI is InChI=1S/C16H23ClN2.ClH/c1-12(13-3-2-4-14(17)9-13)11-19-15-5-6-16(19)10-18-8-7-15;/h2-4,9,12,15-16,18H,5-8,10-11H2,1H3;1H. The number of fused-ring (bicyclic) bond motifs is 2. The van der Waals surface area contributed by atoms with Crippen LogP contribution in [0.2, 0.25) is 5.02 Å². The van der Waals surface area contributed by atoms with E-state index in [1.54, 1.807) is 0 Å². The van der Waals surface area contributed by atoms with Crippen LogP contribution in [0.1, 0.15) is 37.7 Å². The largest absolute Gasteiger partial charge is 0.315 e. The molecule has 2 aliphatic rings. The third-order valence-corrected chi connectivity index (χ3v) is 4.94. The number of nitrogens with zero attached hydrogens (tertiary/aromatic N) is 1. The monoisotopic (exact) mass is 314 g/mol. The Bertz CT molecular complexity index is 424. The molecule has 20 heavy (non-hydrogen) atoms. The van der Waals surface area contributed by atoms with Gasteiger partial charge in [0.15, 0.2) is 0 Å². The number of benzene rings is 1. The Labute approximate surface area is 133 Å². The number of rotatable bonds is 3. The topological polar surface area (TPSA) is 15.3 Å². The van der Waals surface area contributed by atoms with Crippen LogP contribution < -0.4 is 5.32 Å². The zero-order chi connectivity index (χ0) is 13.2. The Morgan fingerprint density at radius 3 is 2.90 bits per heavy atom. The SMILES string of the molecule is CC(CN1C2CCNCC1CC2)c1cccc(Cl)c1.Cl. The van der Waals surface area contributed by atoms with Crippen molar-refractivity contribution in [2.75, 3.05) is 19.6 Å². The minimum Gasteiger partial charge on any atom is -0.315 e. The second-order valence-corrected chi connectivity index (χ2v) is 6.47. The molecule has 2 fully saturated rings. The highest BCUT2D eigenvalue weighted by molar-refractivity contribution is 6.30. The average Bonchev–Trinajstić information content (AvgIpc) is 2.63. The summed E-state index contributed by atoms with van der Waals surface area (Å²) in [4.78, 5) is 2.74. The van der Waals surface area contributed by atoms with E-state index in [0.29, 0.717) is 5.92 Å². The second-order valence-electron chi connectivity index (χ2n) is 6.03. The predicted octanol–water partition coefficient (Wildman–Crippen LogP) is 3.69. The van der Waals surface area contributed by atoms with Crippen molar-refractivity contribution in [1.82, 2.24) is 10.2 Å². The Hall–Kier alpha value is -0.280. The molecule has 1 aromatic carbocycles. The van der Waals surface area contributed by atoms with Crippen LogP contribution in [0.4, 0.5) is 0 Å². The maximum Gasteiger partial charge on any atom is 0.0408 e. The lowest BCUT2D eigenvalue weighted by atomic mass is 10.00. The quantitative estimate of drug-likeness (QED) is 0.915. The Morgan fingerprint density at radius 1 is 1.30 bits per heavy atom. The fourth-order valence-corrected chi connectivity index (χ4v) is 3.81. The Balaban J connectivity index is 0.00000147. The summed E-state index contributed by atoms with van der Waals surface area (Å²) < 4.78 is 0. The highest BCUT2D eigenvalue weighted by atomic mass is 35.5. The lowest BCUT2D eigenvalue weighted by Gasteiger charge is -2.30. The van der Waals surface area contributed by atoms with Crippen molar-refractivity contribution in [3.8, 4) is 0 Å². The molecular formula is C16H24Cl2N2. The van der Waals surface area contributed by atoms with Crippen LogP contribution >= 0.6 is 24.0 Å². The van der Waals surface area contributed by atoms with Crippen molar-refractivity contribution >= 4 is 24.0 Å². The van der Waals surface area contributed by atoms with Crippen molar-refractivity contribution < 1.29 is 0 Å². The van der Waals surface area contributed by atoms with Crippen LogP contribution in [-0.2, 0) is 0 Å². The smallest absolute Gasteiger partial charge is 0.0408 e. The van der Waals surface area contributed by atoms with Crippen molar-refractivity contribution in [3.63, 3.8) is 0 Å². The number of nitrogens with one attached hydrogen (secondary N) is 1. The first kappa shape index (κ1) is 16.1. The van der Waals surface area contributed by atoms with Gasteiger partial charge in [0.2, 0.25) is 0 Å². The van der Waals surface area contributed by atoms with E-state index >= 15 is 0 Å². The summed E-state index contributed by atoms with van der Waals surface area (Å²) in [6.45, 7) is 5.84. The van der Waals surface area contributed by atoms with Gasteiger partial charge in [0.25, 0.3) is 0 Å². The maximum atomic E-state index is 6.10. The van der Waals surface area contributed by atoms with Gasteiger partial charge in [-0.25, -0.2) is 0 Å². The molecule has 2 bridgehead atoms. The molecule has 2 nitrogen and oxygen atoms in total. The van der Waals surface area contributed by atoms with E-state index in [1.165, 1.54) is 37.9 Å². The van der Waals surface area contributed by atoms with Crippen molar-refractivity contribution in [2.24, 2.45) is 0 Å². The van der Waals surface area contributed by atoms with Gasteiger partial charge in [0.1, 0.15) is 0 Å². The number of halogens is 2. The van der Waals surface area contributed by atoms with Crippen LogP contribution in [0.3, 0.4) is 0 Å². The fraction of sp³-hybridized carbons (Fsp3) is 0.625. The lowest BCUT2D eigenvalue weighted by Crippen LogP contribution is -2.40. The molecule has 0 amide bonds. The van der Waals surface area contributed by atoms with Gasteiger partial charge in [0.05, 0.1) is 0 Å². The first-order chi connectivity index (χ1) is 9.24. The molecule has 3 rings (SSSR count). The highest BCUT2D eigenvalue weighted by Gasteiger charge is 2.35. The molecule has 4 heteroatoms. The van der Waals surface area contributed by atoms with Gasteiger partial charge in [-0.05, 0) is 49.4 Å².